The molecule has 2 aromatic heterocycles. The molecule has 0 aliphatic heterocycles. The molecule has 0 saturated carbocycles. The van der Waals surface area contributed by atoms with Gasteiger partial charge in [0.15, 0.2) is 0 Å². The van der Waals surface area contributed by atoms with E-state index in [0.717, 1.165) is 6.42 Å². The van der Waals surface area contributed by atoms with Gasteiger partial charge < -0.3 is 5.73 Å². The molecule has 0 saturated heterocycles. The second-order valence-corrected chi connectivity index (χ2v) is 6.66. The summed E-state index contributed by atoms with van der Waals surface area (Å²) in [5.41, 5.74) is 8.91. The highest BCUT2D eigenvalue weighted by Crippen LogP contribution is 2.33. The zero-order chi connectivity index (χ0) is 12.5. The van der Waals surface area contributed by atoms with Crippen molar-refractivity contribution in [3.8, 4) is 0 Å². The highest BCUT2D eigenvalue weighted by molar-refractivity contribution is 7.26. The van der Waals surface area contributed by atoms with Crippen LogP contribution in [0.5, 0.6) is 0 Å². The van der Waals surface area contributed by atoms with Gasteiger partial charge in [-0.3, -0.25) is 0 Å². The maximum atomic E-state index is 6.30. The first-order valence-electron chi connectivity index (χ1n) is 6.00. The van der Waals surface area contributed by atoms with Gasteiger partial charge in [-0.05, 0) is 36.4 Å². The van der Waals surface area contributed by atoms with E-state index in [-0.39, 0.29) is 6.04 Å². The number of rotatable bonds is 3. The molecule has 92 valence electrons. The number of benzene rings is 1. The molecule has 1 nitrogen and oxygen atoms in total. The Kier molecular flexibility index (Phi) is 3.20. The molecule has 0 spiro atoms. The van der Waals surface area contributed by atoms with Gasteiger partial charge in [0.05, 0.1) is 0 Å². The monoisotopic (exact) mass is 273 g/mol. The predicted molar refractivity (Wildman–Crippen MR) is 81.5 cm³/mol. The van der Waals surface area contributed by atoms with Crippen molar-refractivity contribution in [2.75, 3.05) is 0 Å². The molecule has 2 heterocycles. The SMILES string of the molecule is Cc1ccc(CC(N)c2cc3sccc3s2)cc1. The topological polar surface area (TPSA) is 26.0 Å². The van der Waals surface area contributed by atoms with Crippen LogP contribution in [0.3, 0.4) is 0 Å². The normalized spacial score (nSPS) is 13.0. The Balaban J connectivity index is 1.80. The lowest BCUT2D eigenvalue weighted by molar-refractivity contribution is 0.737. The first-order chi connectivity index (χ1) is 8.72. The maximum Gasteiger partial charge on any atom is 0.0454 e. The van der Waals surface area contributed by atoms with Crippen LogP contribution in [0, 0.1) is 6.92 Å². The summed E-state index contributed by atoms with van der Waals surface area (Å²) in [6.07, 6.45) is 0.911. The fourth-order valence-corrected chi connectivity index (χ4v) is 4.17. The van der Waals surface area contributed by atoms with Crippen LogP contribution in [0.2, 0.25) is 0 Å². The Morgan fingerprint density at radius 2 is 1.89 bits per heavy atom. The number of aryl methyl sites for hydroxylation is 1. The van der Waals surface area contributed by atoms with E-state index < -0.39 is 0 Å². The molecule has 3 aromatic rings. The zero-order valence-electron chi connectivity index (χ0n) is 10.2. The Hall–Kier alpha value is -1.16. The van der Waals surface area contributed by atoms with Crippen LogP contribution in [-0.4, -0.2) is 0 Å². The Morgan fingerprint density at radius 3 is 2.61 bits per heavy atom. The predicted octanol–water partition coefficient (Wildman–Crippen LogP) is 4.51. The molecule has 3 heteroatoms. The van der Waals surface area contributed by atoms with Gasteiger partial charge in [-0.2, -0.15) is 0 Å². The molecule has 0 fully saturated rings. The van der Waals surface area contributed by atoms with E-state index in [1.54, 1.807) is 11.3 Å². The van der Waals surface area contributed by atoms with Gasteiger partial charge in [0.25, 0.3) is 0 Å². The quantitative estimate of drug-likeness (QED) is 0.746. The summed E-state index contributed by atoms with van der Waals surface area (Å²) in [5, 5.41) is 2.14. The summed E-state index contributed by atoms with van der Waals surface area (Å²) in [5.74, 6) is 0. The highest BCUT2D eigenvalue weighted by Gasteiger charge is 2.11. The van der Waals surface area contributed by atoms with Gasteiger partial charge in [-0.25, -0.2) is 0 Å². The average molecular weight is 273 g/mol. The number of hydrogen-bond donors (Lipinski definition) is 1. The van der Waals surface area contributed by atoms with Crippen molar-refractivity contribution >= 4 is 32.1 Å². The fraction of sp³-hybridized carbons (Fsp3) is 0.200. The molecule has 1 atom stereocenters. The Labute approximate surface area is 115 Å². The van der Waals surface area contributed by atoms with Crippen molar-refractivity contribution in [1.82, 2.24) is 0 Å². The molecule has 2 N–H and O–H groups in total. The largest absolute Gasteiger partial charge is 0.323 e. The molecule has 1 aromatic carbocycles. The number of hydrogen-bond acceptors (Lipinski definition) is 3. The molecule has 0 amide bonds. The summed E-state index contributed by atoms with van der Waals surface area (Å²) >= 11 is 3.61. The summed E-state index contributed by atoms with van der Waals surface area (Å²) in [4.78, 5) is 1.29. The highest BCUT2D eigenvalue weighted by atomic mass is 32.1. The molecular formula is C15H15NS2. The van der Waals surface area contributed by atoms with Crippen LogP contribution in [0.25, 0.3) is 9.40 Å². The average Bonchev–Trinajstić information content (AvgIpc) is 2.92. The van der Waals surface area contributed by atoms with Crippen LogP contribution >= 0.6 is 22.7 Å². The molecule has 0 aliphatic rings. The van der Waals surface area contributed by atoms with E-state index in [1.165, 1.54) is 25.4 Å². The molecule has 1 unspecified atom stereocenters. The van der Waals surface area contributed by atoms with E-state index in [9.17, 15) is 0 Å². The van der Waals surface area contributed by atoms with Gasteiger partial charge in [0.1, 0.15) is 0 Å². The van der Waals surface area contributed by atoms with Gasteiger partial charge in [0, 0.05) is 20.3 Å². The van der Waals surface area contributed by atoms with E-state index in [1.807, 2.05) is 11.3 Å². The maximum absolute atomic E-state index is 6.30. The molecule has 18 heavy (non-hydrogen) atoms. The van der Waals surface area contributed by atoms with Crippen molar-refractivity contribution < 1.29 is 0 Å². The number of thiophene rings is 2. The van der Waals surface area contributed by atoms with Crippen molar-refractivity contribution in [2.24, 2.45) is 5.73 Å². The first kappa shape index (κ1) is 11.9. The third-order valence-corrected chi connectivity index (χ3v) is 5.33. The third kappa shape index (κ3) is 2.34. The summed E-state index contributed by atoms with van der Waals surface area (Å²) in [6, 6.07) is 13.2. The van der Waals surface area contributed by atoms with Crippen LogP contribution in [0.4, 0.5) is 0 Å². The standard InChI is InChI=1S/C15H15NS2/c1-10-2-4-11(5-3-10)8-12(16)14-9-15-13(18-14)6-7-17-15/h2-7,9,12H,8,16H2,1H3. The minimum atomic E-state index is 0.109. The molecular weight excluding hydrogens is 258 g/mol. The molecule has 0 radical (unpaired) electrons. The van der Waals surface area contributed by atoms with E-state index in [0.29, 0.717) is 0 Å². The molecule has 3 rings (SSSR count). The van der Waals surface area contributed by atoms with E-state index in [2.05, 4.69) is 48.7 Å². The van der Waals surface area contributed by atoms with Crippen LogP contribution in [0.1, 0.15) is 22.0 Å². The second kappa shape index (κ2) is 4.84. The Bertz CT molecular complexity index is 620. The summed E-state index contributed by atoms with van der Waals surface area (Å²) in [7, 11) is 0. The lowest BCUT2D eigenvalue weighted by Gasteiger charge is -2.09. The molecule has 0 aliphatic carbocycles. The van der Waals surface area contributed by atoms with Crippen LogP contribution < -0.4 is 5.73 Å². The fourth-order valence-electron chi connectivity index (χ4n) is 2.05. The lowest BCUT2D eigenvalue weighted by atomic mass is 10.0. The van der Waals surface area contributed by atoms with Crippen molar-refractivity contribution in [3.05, 3.63) is 57.8 Å². The lowest BCUT2D eigenvalue weighted by Crippen LogP contribution is -2.11. The van der Waals surface area contributed by atoms with Crippen molar-refractivity contribution in [2.45, 2.75) is 19.4 Å². The summed E-state index contributed by atoms with van der Waals surface area (Å²) in [6.45, 7) is 2.11. The number of nitrogens with two attached hydrogens (primary N) is 1. The van der Waals surface area contributed by atoms with Gasteiger partial charge in [0.2, 0.25) is 0 Å². The first-order valence-corrected chi connectivity index (χ1v) is 7.70. The van der Waals surface area contributed by atoms with Gasteiger partial charge in [-0.15, -0.1) is 22.7 Å². The van der Waals surface area contributed by atoms with Crippen LogP contribution in [0.15, 0.2) is 41.8 Å². The van der Waals surface area contributed by atoms with Gasteiger partial charge >= 0.3 is 0 Å². The number of fused-ring (bicyclic) bond motifs is 1. The van der Waals surface area contributed by atoms with Crippen LogP contribution in [-0.2, 0) is 6.42 Å². The Morgan fingerprint density at radius 1 is 1.11 bits per heavy atom. The zero-order valence-corrected chi connectivity index (χ0v) is 11.9. The van der Waals surface area contributed by atoms with Gasteiger partial charge in [-0.1, -0.05) is 29.8 Å². The minimum absolute atomic E-state index is 0.109. The third-order valence-electron chi connectivity index (χ3n) is 3.10. The van der Waals surface area contributed by atoms with Crippen molar-refractivity contribution in [3.63, 3.8) is 0 Å². The second-order valence-electron chi connectivity index (χ2n) is 4.59. The van der Waals surface area contributed by atoms with E-state index in [4.69, 9.17) is 5.73 Å². The van der Waals surface area contributed by atoms with Crippen molar-refractivity contribution in [1.29, 1.82) is 0 Å². The minimum Gasteiger partial charge on any atom is -0.323 e. The summed E-state index contributed by atoms with van der Waals surface area (Å²) < 4.78 is 2.71. The van der Waals surface area contributed by atoms with E-state index >= 15 is 0 Å². The molecule has 0 bridgehead atoms. The smallest absolute Gasteiger partial charge is 0.0454 e.